The molecule has 0 aliphatic rings. The smallest absolute Gasteiger partial charge is 0.293 e. The molecule has 0 aliphatic heterocycles. The Morgan fingerprint density at radius 1 is 1.43 bits per heavy atom. The van der Waals surface area contributed by atoms with Crippen LogP contribution < -0.4 is 0 Å². The molecule has 0 saturated heterocycles. The van der Waals surface area contributed by atoms with E-state index >= 15 is 0 Å². The Kier molecular flexibility index (Phi) is 1.92. The van der Waals surface area contributed by atoms with E-state index in [1.54, 1.807) is 30.9 Å². The van der Waals surface area contributed by atoms with Gasteiger partial charge in [0.05, 0.1) is 0 Å². The first-order valence-electron chi connectivity index (χ1n) is 4.21. The van der Waals surface area contributed by atoms with Crippen LogP contribution in [0.3, 0.4) is 0 Å². The summed E-state index contributed by atoms with van der Waals surface area (Å²) >= 11 is 0. The van der Waals surface area contributed by atoms with Gasteiger partial charge in [0.15, 0.2) is 5.65 Å². The lowest BCUT2D eigenvalue weighted by Crippen LogP contribution is -2.22. The minimum absolute atomic E-state index is 0.186. The summed E-state index contributed by atoms with van der Waals surface area (Å²) in [5.41, 5.74) is 0.678. The summed E-state index contributed by atoms with van der Waals surface area (Å²) in [7, 11) is 3.35. The molecule has 1 amide bonds. The normalized spacial score (nSPS) is 10.4. The molecular formula is C9H10N4O. The summed E-state index contributed by atoms with van der Waals surface area (Å²) in [5.74, 6) is 0.0369. The SMILES string of the molecule is CN(C)C(=O)c1nc2ccccn2n1. The molecular weight excluding hydrogens is 180 g/mol. The molecule has 0 unspecified atom stereocenters. The second kappa shape index (κ2) is 3.10. The average molecular weight is 190 g/mol. The first kappa shape index (κ1) is 8.68. The predicted molar refractivity (Wildman–Crippen MR) is 51.0 cm³/mol. The third-order valence-corrected chi connectivity index (χ3v) is 1.84. The highest BCUT2D eigenvalue weighted by atomic mass is 16.2. The maximum Gasteiger partial charge on any atom is 0.293 e. The fourth-order valence-electron chi connectivity index (χ4n) is 1.12. The van der Waals surface area contributed by atoms with E-state index in [4.69, 9.17) is 0 Å². The quantitative estimate of drug-likeness (QED) is 0.655. The number of hydrogen-bond donors (Lipinski definition) is 0. The molecule has 2 aromatic rings. The van der Waals surface area contributed by atoms with Crippen molar-refractivity contribution >= 4 is 11.6 Å². The Balaban J connectivity index is 2.50. The number of nitrogens with zero attached hydrogens (tertiary/aromatic N) is 4. The second-order valence-electron chi connectivity index (χ2n) is 3.14. The summed E-state index contributed by atoms with van der Waals surface area (Å²) in [4.78, 5) is 17.0. The number of aromatic nitrogens is 3. The molecule has 2 aromatic heterocycles. The first-order valence-corrected chi connectivity index (χ1v) is 4.21. The van der Waals surface area contributed by atoms with E-state index in [2.05, 4.69) is 10.1 Å². The van der Waals surface area contributed by atoms with E-state index in [9.17, 15) is 4.79 Å². The van der Waals surface area contributed by atoms with Crippen LogP contribution in [0.1, 0.15) is 10.6 Å². The van der Waals surface area contributed by atoms with E-state index in [0.29, 0.717) is 5.65 Å². The molecule has 0 bridgehead atoms. The van der Waals surface area contributed by atoms with Crippen LogP contribution in [-0.2, 0) is 0 Å². The lowest BCUT2D eigenvalue weighted by Gasteiger charge is -2.04. The molecule has 5 nitrogen and oxygen atoms in total. The van der Waals surface area contributed by atoms with Gasteiger partial charge in [-0.25, -0.2) is 9.50 Å². The van der Waals surface area contributed by atoms with Crippen LogP contribution in [0.15, 0.2) is 24.4 Å². The van der Waals surface area contributed by atoms with Crippen LogP contribution in [0.5, 0.6) is 0 Å². The highest BCUT2D eigenvalue weighted by Crippen LogP contribution is 2.01. The fourth-order valence-corrected chi connectivity index (χ4v) is 1.12. The summed E-state index contributed by atoms with van der Waals surface area (Å²) < 4.78 is 1.58. The van der Waals surface area contributed by atoms with Gasteiger partial charge in [0.2, 0.25) is 5.82 Å². The van der Waals surface area contributed by atoms with Crippen LogP contribution in [-0.4, -0.2) is 39.5 Å². The van der Waals surface area contributed by atoms with E-state index in [-0.39, 0.29) is 11.7 Å². The highest BCUT2D eigenvalue weighted by Gasteiger charge is 2.13. The van der Waals surface area contributed by atoms with Crippen LogP contribution in [0, 0.1) is 0 Å². The molecule has 0 radical (unpaired) electrons. The van der Waals surface area contributed by atoms with Crippen molar-refractivity contribution in [2.24, 2.45) is 0 Å². The summed E-state index contributed by atoms with van der Waals surface area (Å²) in [6.45, 7) is 0. The molecule has 0 atom stereocenters. The standard InChI is InChI=1S/C9H10N4O/c1-12(2)9(14)8-10-7-5-3-4-6-13(7)11-8/h3-6H,1-2H3. The largest absolute Gasteiger partial charge is 0.342 e. The number of carbonyl (C=O) groups is 1. The molecule has 0 aromatic carbocycles. The van der Waals surface area contributed by atoms with Crippen molar-refractivity contribution in [1.29, 1.82) is 0 Å². The first-order chi connectivity index (χ1) is 6.68. The van der Waals surface area contributed by atoms with Gasteiger partial charge in [0.1, 0.15) is 0 Å². The van der Waals surface area contributed by atoms with Crippen LogP contribution in [0.25, 0.3) is 5.65 Å². The molecule has 72 valence electrons. The van der Waals surface area contributed by atoms with Crippen molar-refractivity contribution in [3.63, 3.8) is 0 Å². The number of pyridine rings is 1. The molecule has 2 rings (SSSR count). The van der Waals surface area contributed by atoms with Crippen LogP contribution in [0.2, 0.25) is 0 Å². The van der Waals surface area contributed by atoms with Crippen molar-refractivity contribution < 1.29 is 4.79 Å². The zero-order chi connectivity index (χ0) is 10.1. The lowest BCUT2D eigenvalue weighted by atomic mass is 10.5. The van der Waals surface area contributed by atoms with Crippen LogP contribution in [0.4, 0.5) is 0 Å². The van der Waals surface area contributed by atoms with E-state index < -0.39 is 0 Å². The third kappa shape index (κ3) is 1.32. The van der Waals surface area contributed by atoms with E-state index in [1.165, 1.54) is 4.90 Å². The van der Waals surface area contributed by atoms with Crippen molar-refractivity contribution in [2.45, 2.75) is 0 Å². The number of amides is 1. The molecule has 0 fully saturated rings. The number of fused-ring (bicyclic) bond motifs is 1. The van der Waals surface area contributed by atoms with Gasteiger partial charge >= 0.3 is 0 Å². The van der Waals surface area contributed by atoms with Gasteiger partial charge in [-0.3, -0.25) is 4.79 Å². The van der Waals surface area contributed by atoms with Crippen LogP contribution >= 0.6 is 0 Å². The van der Waals surface area contributed by atoms with Crippen molar-refractivity contribution in [3.8, 4) is 0 Å². The van der Waals surface area contributed by atoms with Gasteiger partial charge in [-0.1, -0.05) is 6.07 Å². The molecule has 14 heavy (non-hydrogen) atoms. The minimum atomic E-state index is -0.186. The minimum Gasteiger partial charge on any atom is -0.342 e. The van der Waals surface area contributed by atoms with E-state index in [1.807, 2.05) is 12.1 Å². The zero-order valence-corrected chi connectivity index (χ0v) is 8.01. The Morgan fingerprint density at radius 3 is 2.86 bits per heavy atom. The van der Waals surface area contributed by atoms with Gasteiger partial charge < -0.3 is 4.90 Å². The van der Waals surface area contributed by atoms with Gasteiger partial charge in [0.25, 0.3) is 5.91 Å². The Bertz CT molecular complexity index is 441. The van der Waals surface area contributed by atoms with Crippen molar-refractivity contribution in [1.82, 2.24) is 19.5 Å². The number of rotatable bonds is 1. The third-order valence-electron chi connectivity index (χ3n) is 1.84. The van der Waals surface area contributed by atoms with Gasteiger partial charge in [-0.2, -0.15) is 0 Å². The molecule has 0 aliphatic carbocycles. The number of hydrogen-bond acceptors (Lipinski definition) is 3. The predicted octanol–water partition coefficient (Wildman–Crippen LogP) is 0.431. The Morgan fingerprint density at radius 2 is 2.21 bits per heavy atom. The van der Waals surface area contributed by atoms with Crippen molar-refractivity contribution in [2.75, 3.05) is 14.1 Å². The van der Waals surface area contributed by atoms with E-state index in [0.717, 1.165) is 0 Å². The zero-order valence-electron chi connectivity index (χ0n) is 8.01. The Labute approximate surface area is 81.0 Å². The fraction of sp³-hybridized carbons (Fsp3) is 0.222. The molecule has 0 N–H and O–H groups in total. The monoisotopic (exact) mass is 190 g/mol. The molecule has 2 heterocycles. The summed E-state index contributed by atoms with van der Waals surface area (Å²) in [5, 5.41) is 4.05. The maximum absolute atomic E-state index is 11.5. The summed E-state index contributed by atoms with van der Waals surface area (Å²) in [6.07, 6.45) is 1.76. The summed E-state index contributed by atoms with van der Waals surface area (Å²) in [6, 6.07) is 5.50. The van der Waals surface area contributed by atoms with Gasteiger partial charge in [-0.15, -0.1) is 5.10 Å². The molecule has 0 saturated carbocycles. The molecule has 0 spiro atoms. The lowest BCUT2D eigenvalue weighted by molar-refractivity contribution is 0.0816. The number of carbonyl (C=O) groups excluding carboxylic acids is 1. The average Bonchev–Trinajstić information content (AvgIpc) is 2.59. The maximum atomic E-state index is 11.5. The van der Waals surface area contributed by atoms with Gasteiger partial charge in [-0.05, 0) is 12.1 Å². The van der Waals surface area contributed by atoms with Crippen molar-refractivity contribution in [3.05, 3.63) is 30.2 Å². The highest BCUT2D eigenvalue weighted by molar-refractivity contribution is 5.90. The second-order valence-corrected chi connectivity index (χ2v) is 3.14. The van der Waals surface area contributed by atoms with Gasteiger partial charge in [0, 0.05) is 20.3 Å². The topological polar surface area (TPSA) is 50.5 Å². The molecule has 5 heteroatoms. The Hall–Kier alpha value is -1.91.